The van der Waals surface area contributed by atoms with Crippen LogP contribution in [-0.4, -0.2) is 18.1 Å². The molecule has 0 aliphatic heterocycles. The summed E-state index contributed by atoms with van der Waals surface area (Å²) in [6.07, 6.45) is -3.04. The van der Waals surface area contributed by atoms with Crippen molar-refractivity contribution in [2.45, 2.75) is 6.18 Å². The molecule has 2 rings (SSSR count). The number of methoxy groups -OCH3 is 1. The fourth-order valence-electron chi connectivity index (χ4n) is 1.75. The fraction of sp³-hybridized carbons (Fsp3) is 0.143. The highest BCUT2D eigenvalue weighted by Gasteiger charge is 2.30. The van der Waals surface area contributed by atoms with Gasteiger partial charge in [0.1, 0.15) is 0 Å². The number of carbonyl (C=O) groups is 1. The third kappa shape index (κ3) is 2.79. The first-order valence-corrected chi connectivity index (χ1v) is 5.64. The van der Waals surface area contributed by atoms with Crippen LogP contribution in [0, 0.1) is 0 Å². The van der Waals surface area contributed by atoms with Crippen molar-refractivity contribution >= 4 is 5.97 Å². The van der Waals surface area contributed by atoms with Crippen molar-refractivity contribution in [2.75, 3.05) is 7.11 Å². The molecule has 0 fully saturated rings. The minimum atomic E-state index is -4.45. The third-order valence-corrected chi connectivity index (χ3v) is 2.68. The Morgan fingerprint density at radius 1 is 1.20 bits per heavy atom. The van der Waals surface area contributed by atoms with E-state index in [1.165, 1.54) is 37.6 Å². The SMILES string of the molecule is COC(=O)c1cccnc1-c1cccc(C(F)(F)F)c1. The molecule has 0 unspecified atom stereocenters. The van der Waals surface area contributed by atoms with E-state index in [1.54, 1.807) is 0 Å². The van der Waals surface area contributed by atoms with Crippen LogP contribution in [0.4, 0.5) is 13.2 Å². The van der Waals surface area contributed by atoms with Crippen molar-refractivity contribution < 1.29 is 22.7 Å². The number of rotatable bonds is 2. The third-order valence-electron chi connectivity index (χ3n) is 2.68. The van der Waals surface area contributed by atoms with Gasteiger partial charge in [-0.2, -0.15) is 13.2 Å². The molecule has 1 aromatic carbocycles. The molecule has 0 aliphatic carbocycles. The molecule has 0 radical (unpaired) electrons. The van der Waals surface area contributed by atoms with Gasteiger partial charge in [0.25, 0.3) is 0 Å². The number of ether oxygens (including phenoxy) is 1. The lowest BCUT2D eigenvalue weighted by Crippen LogP contribution is -2.07. The second-order valence-corrected chi connectivity index (χ2v) is 3.97. The second-order valence-electron chi connectivity index (χ2n) is 3.97. The van der Waals surface area contributed by atoms with E-state index in [4.69, 9.17) is 0 Å². The maximum absolute atomic E-state index is 12.7. The predicted molar refractivity (Wildman–Crippen MR) is 66.0 cm³/mol. The van der Waals surface area contributed by atoms with E-state index in [2.05, 4.69) is 9.72 Å². The van der Waals surface area contributed by atoms with E-state index in [1.807, 2.05) is 0 Å². The number of alkyl halides is 3. The van der Waals surface area contributed by atoms with Crippen molar-refractivity contribution in [3.8, 4) is 11.3 Å². The molecule has 104 valence electrons. The van der Waals surface area contributed by atoms with Crippen LogP contribution in [0.1, 0.15) is 15.9 Å². The lowest BCUT2D eigenvalue weighted by molar-refractivity contribution is -0.137. The number of carbonyl (C=O) groups excluding carboxylic acids is 1. The Labute approximate surface area is 113 Å². The van der Waals surface area contributed by atoms with Crippen LogP contribution in [0.2, 0.25) is 0 Å². The van der Waals surface area contributed by atoms with Crippen LogP contribution < -0.4 is 0 Å². The Morgan fingerprint density at radius 3 is 2.60 bits per heavy atom. The van der Waals surface area contributed by atoms with Crippen LogP contribution >= 0.6 is 0 Å². The first-order chi connectivity index (χ1) is 9.43. The first-order valence-electron chi connectivity index (χ1n) is 5.64. The Morgan fingerprint density at radius 2 is 1.95 bits per heavy atom. The standard InChI is InChI=1S/C14H10F3NO2/c1-20-13(19)11-6-3-7-18-12(11)9-4-2-5-10(8-9)14(15,16)17/h2-8H,1H3. The summed E-state index contributed by atoms with van der Waals surface area (Å²) < 4.78 is 42.7. The predicted octanol–water partition coefficient (Wildman–Crippen LogP) is 3.55. The molecule has 2 aromatic rings. The molecule has 6 heteroatoms. The van der Waals surface area contributed by atoms with E-state index in [-0.39, 0.29) is 16.8 Å². The van der Waals surface area contributed by atoms with E-state index in [9.17, 15) is 18.0 Å². The molecule has 1 heterocycles. The Bertz CT molecular complexity index is 638. The number of esters is 1. The van der Waals surface area contributed by atoms with Crippen LogP contribution in [0.25, 0.3) is 11.3 Å². The van der Waals surface area contributed by atoms with Crippen LogP contribution in [0.5, 0.6) is 0 Å². The largest absolute Gasteiger partial charge is 0.465 e. The molecular weight excluding hydrogens is 271 g/mol. The lowest BCUT2D eigenvalue weighted by atomic mass is 10.0. The molecule has 3 nitrogen and oxygen atoms in total. The molecule has 0 N–H and O–H groups in total. The molecular formula is C14H10F3NO2. The van der Waals surface area contributed by atoms with Crippen molar-refractivity contribution in [1.82, 2.24) is 4.98 Å². The molecule has 0 spiro atoms. The summed E-state index contributed by atoms with van der Waals surface area (Å²) in [6, 6.07) is 7.62. The smallest absolute Gasteiger partial charge is 0.416 e. The van der Waals surface area contributed by atoms with Gasteiger partial charge in [0.2, 0.25) is 0 Å². The minimum Gasteiger partial charge on any atom is -0.465 e. The summed E-state index contributed by atoms with van der Waals surface area (Å²) in [5.74, 6) is -0.648. The molecule has 0 saturated carbocycles. The molecule has 1 aromatic heterocycles. The second kappa shape index (κ2) is 5.32. The van der Waals surface area contributed by atoms with Gasteiger partial charge in [-0.1, -0.05) is 12.1 Å². The van der Waals surface area contributed by atoms with Crippen LogP contribution in [-0.2, 0) is 10.9 Å². The highest BCUT2D eigenvalue weighted by atomic mass is 19.4. The summed E-state index contributed by atoms with van der Waals surface area (Å²) in [5, 5.41) is 0. The zero-order valence-corrected chi connectivity index (χ0v) is 10.4. The highest BCUT2D eigenvalue weighted by molar-refractivity contribution is 5.96. The molecule has 0 bridgehead atoms. The summed E-state index contributed by atoms with van der Waals surface area (Å²) in [5.41, 5.74) is -0.308. The fourth-order valence-corrected chi connectivity index (χ4v) is 1.75. The number of pyridine rings is 1. The van der Waals surface area contributed by atoms with Gasteiger partial charge in [-0.25, -0.2) is 4.79 Å². The van der Waals surface area contributed by atoms with Gasteiger partial charge in [0, 0.05) is 11.8 Å². The summed E-state index contributed by atoms with van der Waals surface area (Å²) >= 11 is 0. The van der Waals surface area contributed by atoms with E-state index >= 15 is 0 Å². The zero-order chi connectivity index (χ0) is 14.8. The molecule has 20 heavy (non-hydrogen) atoms. The Kier molecular flexibility index (Phi) is 3.74. The zero-order valence-electron chi connectivity index (χ0n) is 10.4. The van der Waals surface area contributed by atoms with Gasteiger partial charge in [0.05, 0.1) is 23.9 Å². The number of benzene rings is 1. The van der Waals surface area contributed by atoms with Gasteiger partial charge in [0.15, 0.2) is 0 Å². The average Bonchev–Trinajstić information content (AvgIpc) is 2.45. The summed E-state index contributed by atoms with van der Waals surface area (Å²) in [4.78, 5) is 15.6. The average molecular weight is 281 g/mol. The number of halogens is 3. The first kappa shape index (κ1) is 14.0. The van der Waals surface area contributed by atoms with Crippen molar-refractivity contribution in [1.29, 1.82) is 0 Å². The Balaban J connectivity index is 2.55. The van der Waals surface area contributed by atoms with E-state index < -0.39 is 17.7 Å². The summed E-state index contributed by atoms with van der Waals surface area (Å²) in [7, 11) is 1.20. The molecule has 0 amide bonds. The van der Waals surface area contributed by atoms with Crippen molar-refractivity contribution in [3.63, 3.8) is 0 Å². The number of hydrogen-bond donors (Lipinski definition) is 0. The van der Waals surface area contributed by atoms with Gasteiger partial charge in [-0.3, -0.25) is 4.98 Å². The maximum Gasteiger partial charge on any atom is 0.416 e. The lowest BCUT2D eigenvalue weighted by Gasteiger charge is -2.10. The van der Waals surface area contributed by atoms with Gasteiger partial charge in [-0.15, -0.1) is 0 Å². The quantitative estimate of drug-likeness (QED) is 0.790. The van der Waals surface area contributed by atoms with Gasteiger partial charge in [-0.05, 0) is 24.3 Å². The van der Waals surface area contributed by atoms with Gasteiger partial charge >= 0.3 is 12.1 Å². The Hall–Kier alpha value is -2.37. The normalized spacial score (nSPS) is 11.2. The van der Waals surface area contributed by atoms with Crippen molar-refractivity contribution in [3.05, 3.63) is 53.7 Å². The summed E-state index contributed by atoms with van der Waals surface area (Å²) in [6.45, 7) is 0. The van der Waals surface area contributed by atoms with Crippen LogP contribution in [0.3, 0.4) is 0 Å². The topological polar surface area (TPSA) is 39.2 Å². The number of nitrogens with zero attached hydrogens (tertiary/aromatic N) is 1. The maximum atomic E-state index is 12.7. The highest BCUT2D eigenvalue weighted by Crippen LogP contribution is 2.32. The van der Waals surface area contributed by atoms with Crippen LogP contribution in [0.15, 0.2) is 42.6 Å². The van der Waals surface area contributed by atoms with E-state index in [0.717, 1.165) is 12.1 Å². The van der Waals surface area contributed by atoms with Gasteiger partial charge < -0.3 is 4.74 Å². The molecule has 0 aliphatic rings. The minimum absolute atomic E-state index is 0.120. The molecule has 0 saturated heterocycles. The van der Waals surface area contributed by atoms with E-state index in [0.29, 0.717) is 0 Å². The van der Waals surface area contributed by atoms with Crippen molar-refractivity contribution in [2.24, 2.45) is 0 Å². The monoisotopic (exact) mass is 281 g/mol. The molecule has 0 atom stereocenters. The number of hydrogen-bond acceptors (Lipinski definition) is 3. The number of aromatic nitrogens is 1.